The van der Waals surface area contributed by atoms with Crippen LogP contribution < -0.4 is 34.7 Å². The Morgan fingerprint density at radius 2 is 1.64 bits per heavy atom. The van der Waals surface area contributed by atoms with Gasteiger partial charge in [0.15, 0.2) is 26.5 Å². The van der Waals surface area contributed by atoms with E-state index < -0.39 is 48.5 Å². The number of benzene rings is 2. The molecular weight excluding hydrogens is 1010 g/mol. The van der Waals surface area contributed by atoms with Crippen molar-refractivity contribution in [2.24, 2.45) is 0 Å². The molecule has 0 saturated carbocycles. The molecule has 0 spiro atoms. The third-order valence-electron chi connectivity index (χ3n) is 9.48. The second-order valence-electron chi connectivity index (χ2n) is 14.0. The number of hydrogen-bond acceptors (Lipinski definition) is 16. The number of nitrogens with one attached hydrogen (secondary N) is 2. The number of halogens is 3. The highest BCUT2D eigenvalue weighted by molar-refractivity contribution is 7.93. The number of fused-ring (bicyclic) bond motifs is 3. The van der Waals surface area contributed by atoms with Crippen molar-refractivity contribution in [1.29, 1.82) is 0 Å². The van der Waals surface area contributed by atoms with Gasteiger partial charge in [0.05, 0.1) is 46.8 Å². The molecule has 27 heteroatoms. The topological polar surface area (TPSA) is 279 Å². The SMILES string of the molecule is C#CCOc1cc(-n2nc3n(c2=O)CCCC3)c(Cl)cc1Cl.CCS(=O)(=O)c1nc2ccccn2c1S(=O)(=O)NC(=O)Nc1nc(OC)cc(OC)n1.O=C(O)COc1ccc(Cl)c2cccnc12. The number of terminal acetylenes is 1. The number of ether oxygens (including phenoxy) is 4. The van der Waals surface area contributed by atoms with E-state index in [1.165, 1.54) is 56.3 Å². The fraction of sp³-hybridized carbons (Fsp3) is 0.238. The lowest BCUT2D eigenvalue weighted by atomic mass is 10.2. The number of sulfonamides is 1. The summed E-state index contributed by atoms with van der Waals surface area (Å²) in [5, 5.41) is 15.7. The Morgan fingerprint density at radius 1 is 0.899 bits per heavy atom. The van der Waals surface area contributed by atoms with Crippen LogP contribution in [0.3, 0.4) is 0 Å². The monoisotopic (exact) mass is 1040 g/mol. The molecule has 69 heavy (non-hydrogen) atoms. The van der Waals surface area contributed by atoms with Crippen molar-refractivity contribution in [3.8, 4) is 41.3 Å². The minimum atomic E-state index is -4.68. The van der Waals surface area contributed by atoms with E-state index in [2.05, 4.69) is 36.3 Å². The fourth-order valence-electron chi connectivity index (χ4n) is 6.34. The van der Waals surface area contributed by atoms with Crippen molar-refractivity contribution in [3.63, 3.8) is 0 Å². The number of aliphatic carboxylic acids is 1. The van der Waals surface area contributed by atoms with E-state index in [0.29, 0.717) is 44.3 Å². The molecule has 5 aromatic heterocycles. The Labute approximate surface area is 408 Å². The largest absolute Gasteiger partial charge is 0.481 e. The number of hydrogen-bond donors (Lipinski definition) is 3. The Kier molecular flexibility index (Phi) is 16.6. The Balaban J connectivity index is 0.000000180. The van der Waals surface area contributed by atoms with Gasteiger partial charge in [-0.1, -0.05) is 53.7 Å². The number of urea groups is 1. The zero-order valence-electron chi connectivity index (χ0n) is 36.4. The van der Waals surface area contributed by atoms with E-state index in [1.54, 1.807) is 51.9 Å². The molecule has 7 aromatic rings. The second-order valence-corrected chi connectivity index (χ2v) is 19.0. The first-order valence-corrected chi connectivity index (χ1v) is 24.3. The molecule has 0 aliphatic carbocycles. The molecule has 0 bridgehead atoms. The summed E-state index contributed by atoms with van der Waals surface area (Å²) in [6, 6.07) is 14.5. The minimum absolute atomic E-state index is 0.0584. The lowest BCUT2D eigenvalue weighted by Gasteiger charge is -2.10. The highest BCUT2D eigenvalue weighted by Crippen LogP contribution is 2.33. The molecule has 2 aromatic carbocycles. The van der Waals surface area contributed by atoms with Crippen LogP contribution in [0.1, 0.15) is 25.6 Å². The molecule has 0 saturated heterocycles. The highest BCUT2D eigenvalue weighted by Gasteiger charge is 2.33. The second kappa shape index (κ2) is 22.3. The van der Waals surface area contributed by atoms with Crippen molar-refractivity contribution >= 4 is 89.2 Å². The van der Waals surface area contributed by atoms with Gasteiger partial charge in [-0.15, -0.1) is 11.5 Å². The van der Waals surface area contributed by atoms with Crippen LogP contribution in [0.2, 0.25) is 15.1 Å². The average Bonchev–Trinajstić information content (AvgIpc) is 3.90. The number of nitrogens with zero attached hydrogens (tertiary/aromatic N) is 8. The number of aromatic nitrogens is 8. The van der Waals surface area contributed by atoms with Gasteiger partial charge in [-0.25, -0.2) is 32.5 Å². The van der Waals surface area contributed by atoms with Crippen LogP contribution in [-0.4, -0.2) is 106 Å². The summed E-state index contributed by atoms with van der Waals surface area (Å²) in [5.41, 5.74) is 0.874. The number of imidazole rings is 1. The third-order valence-corrected chi connectivity index (χ3v) is 13.5. The van der Waals surface area contributed by atoms with Crippen molar-refractivity contribution in [1.82, 2.24) is 43.4 Å². The summed E-state index contributed by atoms with van der Waals surface area (Å²) < 4.78 is 76.9. The number of rotatable bonds is 13. The van der Waals surface area contributed by atoms with E-state index in [4.69, 9.17) is 65.3 Å². The predicted molar refractivity (Wildman–Crippen MR) is 252 cm³/mol. The van der Waals surface area contributed by atoms with Gasteiger partial charge in [-0.05, 0) is 55.3 Å². The quantitative estimate of drug-likeness (QED) is 0.120. The zero-order valence-corrected chi connectivity index (χ0v) is 40.3. The first kappa shape index (κ1) is 51.2. The number of carboxylic acids is 1. The maximum atomic E-state index is 13.0. The average molecular weight is 1050 g/mol. The van der Waals surface area contributed by atoms with Crippen LogP contribution in [-0.2, 0) is 37.6 Å². The van der Waals surface area contributed by atoms with Crippen LogP contribution in [0.4, 0.5) is 10.7 Å². The zero-order chi connectivity index (χ0) is 50.0. The summed E-state index contributed by atoms with van der Waals surface area (Å²) in [4.78, 5) is 51.0. The van der Waals surface area contributed by atoms with Crippen LogP contribution in [0, 0.1) is 12.3 Å². The molecular formula is C42H39Cl3N10O12S2. The number of aryl methyl sites for hydroxylation is 1. The van der Waals surface area contributed by atoms with Crippen LogP contribution in [0.5, 0.6) is 23.3 Å². The molecule has 362 valence electrons. The van der Waals surface area contributed by atoms with E-state index in [9.17, 15) is 31.2 Å². The molecule has 0 unspecified atom stereocenters. The summed E-state index contributed by atoms with van der Waals surface area (Å²) >= 11 is 18.3. The van der Waals surface area contributed by atoms with E-state index in [1.807, 2.05) is 0 Å². The summed E-state index contributed by atoms with van der Waals surface area (Å²) in [7, 11) is -6.04. The summed E-state index contributed by atoms with van der Waals surface area (Å²) in [6.45, 7) is 1.71. The van der Waals surface area contributed by atoms with E-state index in [0.717, 1.165) is 34.9 Å². The molecule has 22 nitrogen and oxygen atoms in total. The lowest BCUT2D eigenvalue weighted by molar-refractivity contribution is -0.139. The van der Waals surface area contributed by atoms with E-state index in [-0.39, 0.29) is 41.4 Å². The highest BCUT2D eigenvalue weighted by atomic mass is 35.5. The number of amides is 2. The molecule has 8 rings (SSSR count). The van der Waals surface area contributed by atoms with Crippen LogP contribution >= 0.6 is 34.8 Å². The van der Waals surface area contributed by atoms with Crippen LogP contribution in [0.25, 0.3) is 22.2 Å². The van der Waals surface area contributed by atoms with Gasteiger partial charge in [0.25, 0.3) is 10.0 Å². The molecule has 3 N–H and O–H groups in total. The number of pyridine rings is 2. The molecule has 6 heterocycles. The van der Waals surface area contributed by atoms with Crippen molar-refractivity contribution in [3.05, 3.63) is 104 Å². The summed E-state index contributed by atoms with van der Waals surface area (Å²) in [5.74, 6) is 2.33. The molecule has 0 radical (unpaired) electrons. The van der Waals surface area contributed by atoms with Crippen molar-refractivity contribution < 1.29 is 50.5 Å². The molecule has 2 amide bonds. The Morgan fingerprint density at radius 3 is 2.30 bits per heavy atom. The number of carboxylic acid groups (broad SMARTS) is 1. The van der Waals surface area contributed by atoms with Gasteiger partial charge in [-0.3, -0.25) is 19.3 Å². The smallest absolute Gasteiger partial charge is 0.350 e. The standard InChI is InChI=1S/C16H18N6O7S2.C15H13Cl2N3O2.C11H8ClNO3/c1-4-30(24,25)13-14(22-8-6-5-7-10(22)17-13)31(26,27)21-16(23)20-15-18-11(28-2)9-12(19-15)29-3;1-2-7-22-13-9-12(10(16)8-11(13)17)20-15(21)19-6-4-3-5-14(19)18-20;12-8-3-4-9(16-6-10(14)15)11-7(8)2-1-5-13-11/h5-9H,4H2,1-3H3,(H2,18,19,20,21,23);1,8-9H,3-7H2;1-5H,6H2,(H,14,15). The van der Waals surface area contributed by atoms with Gasteiger partial charge in [0.1, 0.15) is 35.1 Å². The first-order valence-electron chi connectivity index (χ1n) is 20.0. The lowest BCUT2D eigenvalue weighted by Crippen LogP contribution is -2.36. The van der Waals surface area contributed by atoms with Crippen LogP contribution in [0.15, 0.2) is 87.9 Å². The molecule has 1 aliphatic heterocycles. The molecule has 0 atom stereocenters. The van der Waals surface area contributed by atoms with Crippen molar-refractivity contribution in [2.75, 3.05) is 38.5 Å². The maximum Gasteiger partial charge on any atom is 0.350 e. The fourth-order valence-corrected chi connectivity index (χ4v) is 9.73. The summed E-state index contributed by atoms with van der Waals surface area (Å²) in [6.07, 6.45) is 10.9. The van der Waals surface area contributed by atoms with Gasteiger partial charge in [0.2, 0.25) is 17.7 Å². The number of carbonyl (C=O) groups is 2. The van der Waals surface area contributed by atoms with Gasteiger partial charge in [-0.2, -0.15) is 23.1 Å². The number of sulfone groups is 1. The molecule has 0 fully saturated rings. The van der Waals surface area contributed by atoms with Gasteiger partial charge < -0.3 is 24.1 Å². The first-order chi connectivity index (χ1) is 32.9. The minimum Gasteiger partial charge on any atom is -0.481 e. The normalized spacial score (nSPS) is 12.0. The molecule has 1 aliphatic rings. The van der Waals surface area contributed by atoms with E-state index >= 15 is 0 Å². The predicted octanol–water partition coefficient (Wildman–Crippen LogP) is 5.49. The third kappa shape index (κ3) is 12.1. The number of anilines is 1. The number of carbonyl (C=O) groups excluding carboxylic acids is 1. The Bertz CT molecular complexity index is 3370. The maximum absolute atomic E-state index is 13.0. The van der Waals surface area contributed by atoms with Gasteiger partial charge in [0, 0.05) is 36.8 Å². The number of methoxy groups -OCH3 is 2. The van der Waals surface area contributed by atoms with Crippen molar-refractivity contribution in [2.45, 2.75) is 42.8 Å². The van der Waals surface area contributed by atoms with Gasteiger partial charge >= 0.3 is 17.7 Å². The Hall–Kier alpha value is -7.17.